The Morgan fingerprint density at radius 2 is 1.93 bits per heavy atom. The maximum atomic E-state index is 13.6. The van der Waals surface area contributed by atoms with Crippen LogP contribution < -0.4 is 10.6 Å². The summed E-state index contributed by atoms with van der Waals surface area (Å²) in [5.74, 6) is -1.65. The minimum atomic E-state index is -0.835. The third-order valence-electron chi connectivity index (χ3n) is 2.33. The van der Waals surface area contributed by atoms with E-state index in [0.717, 1.165) is 6.42 Å². The number of nitrogens with zero attached hydrogens (tertiary/aromatic N) is 1. The van der Waals surface area contributed by atoms with Crippen molar-refractivity contribution in [3.05, 3.63) is 29.3 Å². The molecule has 0 atom stereocenters. The Hall–Kier alpha value is -1.16. The van der Waals surface area contributed by atoms with E-state index in [1.165, 1.54) is 6.07 Å². The second-order valence-electron chi connectivity index (χ2n) is 3.50. The first-order valence-corrected chi connectivity index (χ1v) is 4.99. The number of nitrogens with two attached hydrogens (primary N) is 1. The van der Waals surface area contributed by atoms with E-state index in [4.69, 9.17) is 5.73 Å². The summed E-state index contributed by atoms with van der Waals surface area (Å²) in [7, 11) is 1.74. The van der Waals surface area contributed by atoms with Gasteiger partial charge in [0, 0.05) is 25.7 Å². The van der Waals surface area contributed by atoms with Crippen molar-refractivity contribution >= 4 is 5.69 Å². The van der Waals surface area contributed by atoms with Gasteiger partial charge in [-0.05, 0) is 12.5 Å². The number of anilines is 1. The van der Waals surface area contributed by atoms with Crippen LogP contribution in [-0.2, 0) is 6.54 Å². The fraction of sp³-hybridized carbons (Fsp3) is 0.455. The van der Waals surface area contributed by atoms with Crippen LogP contribution in [0.25, 0.3) is 0 Å². The molecule has 1 aromatic carbocycles. The van der Waals surface area contributed by atoms with Crippen molar-refractivity contribution in [3.63, 3.8) is 0 Å². The number of hydrogen-bond donors (Lipinski definition) is 1. The molecule has 15 heavy (non-hydrogen) atoms. The molecule has 0 spiro atoms. The number of halogens is 2. The average molecular weight is 214 g/mol. The summed E-state index contributed by atoms with van der Waals surface area (Å²) in [4.78, 5) is 1.69. The zero-order chi connectivity index (χ0) is 11.4. The van der Waals surface area contributed by atoms with Crippen LogP contribution in [0, 0.1) is 11.6 Å². The Bertz CT molecular complexity index is 340. The summed E-state index contributed by atoms with van der Waals surface area (Å²) in [6.07, 6.45) is 0.885. The van der Waals surface area contributed by atoms with Crippen LogP contribution in [0.2, 0.25) is 0 Å². The summed E-state index contributed by atoms with van der Waals surface area (Å²) >= 11 is 0. The van der Waals surface area contributed by atoms with E-state index < -0.39 is 11.6 Å². The molecule has 0 aliphatic heterocycles. The van der Waals surface area contributed by atoms with Gasteiger partial charge in [0.05, 0.1) is 5.69 Å². The molecule has 2 N–H and O–H groups in total. The molecule has 0 aliphatic carbocycles. The summed E-state index contributed by atoms with van der Waals surface area (Å²) in [5.41, 5.74) is 5.78. The molecule has 0 saturated carbocycles. The summed E-state index contributed by atoms with van der Waals surface area (Å²) in [6, 6.07) is 3.09. The predicted molar refractivity (Wildman–Crippen MR) is 57.8 cm³/mol. The molecule has 0 heterocycles. The Morgan fingerprint density at radius 1 is 1.27 bits per heavy atom. The van der Waals surface area contributed by atoms with Gasteiger partial charge in [0.15, 0.2) is 11.6 Å². The van der Waals surface area contributed by atoms with Crippen molar-refractivity contribution in [3.8, 4) is 0 Å². The number of hydrogen-bond acceptors (Lipinski definition) is 2. The van der Waals surface area contributed by atoms with Crippen LogP contribution >= 0.6 is 0 Å². The van der Waals surface area contributed by atoms with E-state index in [2.05, 4.69) is 0 Å². The number of rotatable bonds is 4. The largest absolute Gasteiger partial charge is 0.372 e. The van der Waals surface area contributed by atoms with Crippen LogP contribution in [0.1, 0.15) is 18.9 Å². The van der Waals surface area contributed by atoms with E-state index in [-0.39, 0.29) is 17.8 Å². The number of benzene rings is 1. The van der Waals surface area contributed by atoms with E-state index >= 15 is 0 Å². The normalized spacial score (nSPS) is 10.5. The first-order valence-electron chi connectivity index (χ1n) is 4.99. The van der Waals surface area contributed by atoms with Crippen molar-refractivity contribution in [1.29, 1.82) is 0 Å². The lowest BCUT2D eigenvalue weighted by Gasteiger charge is -2.19. The fourth-order valence-electron chi connectivity index (χ4n) is 1.49. The Labute approximate surface area is 88.7 Å². The van der Waals surface area contributed by atoms with Crippen LogP contribution in [0.5, 0.6) is 0 Å². The molecule has 84 valence electrons. The maximum Gasteiger partial charge on any atom is 0.182 e. The molecule has 0 saturated heterocycles. The van der Waals surface area contributed by atoms with Crippen LogP contribution in [0.15, 0.2) is 12.1 Å². The molecule has 0 bridgehead atoms. The first kappa shape index (κ1) is 11.9. The van der Waals surface area contributed by atoms with Gasteiger partial charge in [-0.2, -0.15) is 0 Å². The Kier molecular flexibility index (Phi) is 4.03. The van der Waals surface area contributed by atoms with Gasteiger partial charge in [0.25, 0.3) is 0 Å². The van der Waals surface area contributed by atoms with Crippen molar-refractivity contribution in [1.82, 2.24) is 0 Å². The van der Waals surface area contributed by atoms with Crippen LogP contribution in [0.4, 0.5) is 14.5 Å². The van der Waals surface area contributed by atoms with Crippen LogP contribution in [0.3, 0.4) is 0 Å². The highest BCUT2D eigenvalue weighted by atomic mass is 19.2. The second-order valence-corrected chi connectivity index (χ2v) is 3.50. The fourth-order valence-corrected chi connectivity index (χ4v) is 1.49. The van der Waals surface area contributed by atoms with Gasteiger partial charge in [-0.25, -0.2) is 8.78 Å². The minimum absolute atomic E-state index is 0.0144. The van der Waals surface area contributed by atoms with Gasteiger partial charge < -0.3 is 10.6 Å². The lowest BCUT2D eigenvalue weighted by atomic mass is 10.1. The van der Waals surface area contributed by atoms with Gasteiger partial charge in [0.1, 0.15) is 0 Å². The standard InChI is InChI=1S/C11H16F2N2/c1-3-6-15(2)9-5-4-8(7-14)10(12)11(9)13/h4-5H,3,6-7,14H2,1-2H3. The monoisotopic (exact) mass is 214 g/mol. The quantitative estimate of drug-likeness (QED) is 0.833. The molecule has 0 aromatic heterocycles. The molecule has 0 fully saturated rings. The van der Waals surface area contributed by atoms with Gasteiger partial charge in [-0.3, -0.25) is 0 Å². The third kappa shape index (κ3) is 2.45. The highest BCUT2D eigenvalue weighted by Crippen LogP contribution is 2.23. The molecule has 0 unspecified atom stereocenters. The molecular formula is C11H16F2N2. The molecule has 1 aromatic rings. The van der Waals surface area contributed by atoms with Gasteiger partial charge >= 0.3 is 0 Å². The zero-order valence-electron chi connectivity index (χ0n) is 9.06. The first-order chi connectivity index (χ1) is 7.11. The van der Waals surface area contributed by atoms with Crippen molar-refractivity contribution in [2.24, 2.45) is 5.73 Å². The topological polar surface area (TPSA) is 29.3 Å². The predicted octanol–water partition coefficient (Wildman–Crippen LogP) is 2.27. The zero-order valence-corrected chi connectivity index (χ0v) is 9.06. The molecule has 1 rings (SSSR count). The van der Waals surface area contributed by atoms with Gasteiger partial charge in [0.2, 0.25) is 0 Å². The van der Waals surface area contributed by atoms with Crippen LogP contribution in [-0.4, -0.2) is 13.6 Å². The van der Waals surface area contributed by atoms with E-state index in [9.17, 15) is 8.78 Å². The molecule has 2 nitrogen and oxygen atoms in total. The van der Waals surface area contributed by atoms with Crippen molar-refractivity contribution < 1.29 is 8.78 Å². The smallest absolute Gasteiger partial charge is 0.182 e. The van der Waals surface area contributed by atoms with E-state index in [1.807, 2.05) is 6.92 Å². The molecule has 0 aliphatic rings. The highest BCUT2D eigenvalue weighted by molar-refractivity contribution is 5.49. The van der Waals surface area contributed by atoms with E-state index in [1.54, 1.807) is 18.0 Å². The summed E-state index contributed by atoms with van der Waals surface area (Å²) in [5, 5.41) is 0. The Morgan fingerprint density at radius 3 is 2.47 bits per heavy atom. The SMILES string of the molecule is CCCN(C)c1ccc(CN)c(F)c1F. The average Bonchev–Trinajstić information content (AvgIpc) is 2.22. The lowest BCUT2D eigenvalue weighted by molar-refractivity contribution is 0.498. The molecule has 0 radical (unpaired) electrons. The molecule has 4 heteroatoms. The van der Waals surface area contributed by atoms with Crippen molar-refractivity contribution in [2.75, 3.05) is 18.5 Å². The maximum absolute atomic E-state index is 13.6. The third-order valence-corrected chi connectivity index (χ3v) is 2.33. The summed E-state index contributed by atoms with van der Waals surface area (Å²) < 4.78 is 26.9. The van der Waals surface area contributed by atoms with Gasteiger partial charge in [-0.1, -0.05) is 13.0 Å². The minimum Gasteiger partial charge on any atom is -0.372 e. The highest BCUT2D eigenvalue weighted by Gasteiger charge is 2.14. The summed E-state index contributed by atoms with van der Waals surface area (Å²) in [6.45, 7) is 2.69. The van der Waals surface area contributed by atoms with E-state index in [0.29, 0.717) is 6.54 Å². The van der Waals surface area contributed by atoms with Gasteiger partial charge in [-0.15, -0.1) is 0 Å². The lowest BCUT2D eigenvalue weighted by Crippen LogP contribution is -2.20. The Balaban J connectivity index is 3.06. The van der Waals surface area contributed by atoms with Crippen molar-refractivity contribution in [2.45, 2.75) is 19.9 Å². The molecule has 0 amide bonds. The molecular weight excluding hydrogens is 198 g/mol. The second kappa shape index (κ2) is 5.07.